The van der Waals surface area contributed by atoms with Crippen LogP contribution < -0.4 is 4.74 Å². The number of fused-ring (bicyclic) bond motifs is 3. The highest BCUT2D eigenvalue weighted by molar-refractivity contribution is 6.25. The van der Waals surface area contributed by atoms with E-state index in [2.05, 4.69) is 36.4 Å². The van der Waals surface area contributed by atoms with Gasteiger partial charge in [-0.2, -0.15) is 0 Å². The monoisotopic (exact) mass is 317 g/mol. The lowest BCUT2D eigenvalue weighted by Gasteiger charge is -2.20. The van der Waals surface area contributed by atoms with E-state index in [-0.39, 0.29) is 0 Å². The van der Waals surface area contributed by atoms with Crippen molar-refractivity contribution < 1.29 is 4.74 Å². The van der Waals surface area contributed by atoms with Crippen LogP contribution in [-0.2, 0) is 6.42 Å². The summed E-state index contributed by atoms with van der Waals surface area (Å²) in [4.78, 5) is 11.5. The fourth-order valence-corrected chi connectivity index (χ4v) is 3.14. The first kappa shape index (κ1) is 14.7. The zero-order valence-electron chi connectivity index (χ0n) is 14.1. The lowest BCUT2D eigenvalue weighted by molar-refractivity contribution is 0.415. The number of methoxy groups -OCH3 is 1. The molecule has 24 heavy (non-hydrogen) atoms. The highest BCUT2D eigenvalue weighted by Crippen LogP contribution is 2.36. The lowest BCUT2D eigenvalue weighted by Crippen LogP contribution is -2.18. The maximum atomic E-state index is 5.27. The van der Waals surface area contributed by atoms with Crippen LogP contribution in [0.4, 0.5) is 0 Å². The molecule has 1 aliphatic carbocycles. The SMILES string of the molecule is COc1ccc(C2=C3N=C(N(C)C)N=C3c3ccccc3C2)cc1. The molecular formula is C20H19N3O. The van der Waals surface area contributed by atoms with E-state index < -0.39 is 0 Å². The molecule has 0 saturated heterocycles. The van der Waals surface area contributed by atoms with Gasteiger partial charge in [0, 0.05) is 26.1 Å². The Bertz CT molecular complexity index is 889. The van der Waals surface area contributed by atoms with Crippen molar-refractivity contribution in [2.75, 3.05) is 21.2 Å². The summed E-state index contributed by atoms with van der Waals surface area (Å²) >= 11 is 0. The number of benzene rings is 2. The highest BCUT2D eigenvalue weighted by atomic mass is 16.5. The molecule has 2 aromatic carbocycles. The van der Waals surface area contributed by atoms with Gasteiger partial charge in [0.1, 0.15) is 11.5 Å². The number of rotatable bonds is 2. The van der Waals surface area contributed by atoms with E-state index in [9.17, 15) is 0 Å². The van der Waals surface area contributed by atoms with Crippen molar-refractivity contribution in [3.05, 3.63) is 70.9 Å². The van der Waals surface area contributed by atoms with E-state index >= 15 is 0 Å². The third kappa shape index (κ3) is 2.31. The number of nitrogens with zero attached hydrogens (tertiary/aromatic N) is 3. The van der Waals surface area contributed by atoms with E-state index in [1.807, 2.05) is 31.1 Å². The van der Waals surface area contributed by atoms with Crippen LogP contribution in [-0.4, -0.2) is 37.8 Å². The molecule has 0 aromatic heterocycles. The average Bonchev–Trinajstić information content (AvgIpc) is 3.07. The molecule has 2 aromatic rings. The molecule has 0 atom stereocenters. The molecule has 120 valence electrons. The van der Waals surface area contributed by atoms with E-state index in [0.29, 0.717) is 0 Å². The van der Waals surface area contributed by atoms with E-state index in [0.717, 1.165) is 35.1 Å². The second-order valence-corrected chi connectivity index (χ2v) is 6.16. The first-order valence-corrected chi connectivity index (χ1v) is 7.98. The molecule has 4 rings (SSSR count). The fraction of sp³-hybridized carbons (Fsp3) is 0.200. The summed E-state index contributed by atoms with van der Waals surface area (Å²) in [6.45, 7) is 0. The van der Waals surface area contributed by atoms with Crippen LogP contribution in [0.15, 0.2) is 64.2 Å². The summed E-state index contributed by atoms with van der Waals surface area (Å²) in [7, 11) is 5.63. The van der Waals surface area contributed by atoms with Crippen LogP contribution in [0.1, 0.15) is 16.7 Å². The number of allylic oxidation sites excluding steroid dienone is 2. The molecule has 4 heteroatoms. The van der Waals surface area contributed by atoms with Gasteiger partial charge in [0.15, 0.2) is 0 Å². The van der Waals surface area contributed by atoms with Gasteiger partial charge in [0.05, 0.1) is 12.8 Å². The first-order valence-electron chi connectivity index (χ1n) is 7.98. The molecule has 0 fully saturated rings. The molecule has 4 nitrogen and oxygen atoms in total. The standard InChI is InChI=1S/C20H19N3O/c1-23(2)20-21-18-16-7-5-4-6-14(16)12-17(19(18)22-20)13-8-10-15(24-3)11-9-13/h4-11H,12H2,1-3H3. The Hall–Kier alpha value is -2.88. The smallest absolute Gasteiger partial charge is 0.226 e. The Kier molecular flexibility index (Phi) is 3.45. The molecule has 0 amide bonds. The minimum absolute atomic E-state index is 0.753. The van der Waals surface area contributed by atoms with Gasteiger partial charge in [-0.05, 0) is 28.8 Å². The van der Waals surface area contributed by atoms with Crippen molar-refractivity contribution in [3.8, 4) is 5.75 Å². The van der Waals surface area contributed by atoms with Gasteiger partial charge in [0.25, 0.3) is 0 Å². The predicted molar refractivity (Wildman–Crippen MR) is 97.7 cm³/mol. The number of aliphatic imine (C=N–C) groups is 2. The summed E-state index contributed by atoms with van der Waals surface area (Å²) in [5, 5.41) is 0. The summed E-state index contributed by atoms with van der Waals surface area (Å²) < 4.78 is 5.27. The van der Waals surface area contributed by atoms with Gasteiger partial charge in [-0.1, -0.05) is 36.4 Å². The maximum absolute atomic E-state index is 5.27. The zero-order valence-corrected chi connectivity index (χ0v) is 14.1. The summed E-state index contributed by atoms with van der Waals surface area (Å²) in [5.41, 5.74) is 6.82. The van der Waals surface area contributed by atoms with Crippen molar-refractivity contribution >= 4 is 17.2 Å². The van der Waals surface area contributed by atoms with Crippen LogP contribution in [0.25, 0.3) is 5.57 Å². The van der Waals surface area contributed by atoms with Crippen molar-refractivity contribution in [2.24, 2.45) is 9.98 Å². The van der Waals surface area contributed by atoms with Gasteiger partial charge in [-0.25, -0.2) is 9.98 Å². The van der Waals surface area contributed by atoms with E-state index in [1.165, 1.54) is 16.7 Å². The minimum Gasteiger partial charge on any atom is -0.497 e. The number of hydrogen-bond acceptors (Lipinski definition) is 4. The van der Waals surface area contributed by atoms with Crippen LogP contribution >= 0.6 is 0 Å². The predicted octanol–water partition coefficient (Wildman–Crippen LogP) is 3.38. The van der Waals surface area contributed by atoms with Crippen molar-refractivity contribution in [3.63, 3.8) is 0 Å². The number of ether oxygens (including phenoxy) is 1. The first-order chi connectivity index (χ1) is 11.7. The molecule has 1 heterocycles. The Morgan fingerprint density at radius 3 is 2.42 bits per heavy atom. The van der Waals surface area contributed by atoms with Gasteiger partial charge in [-0.15, -0.1) is 0 Å². The topological polar surface area (TPSA) is 37.2 Å². The normalized spacial score (nSPS) is 15.5. The molecule has 1 aliphatic heterocycles. The second kappa shape index (κ2) is 5.64. The lowest BCUT2D eigenvalue weighted by atomic mass is 9.85. The molecule has 0 spiro atoms. The molecule has 2 aliphatic rings. The van der Waals surface area contributed by atoms with E-state index in [4.69, 9.17) is 14.7 Å². The average molecular weight is 317 g/mol. The second-order valence-electron chi connectivity index (χ2n) is 6.16. The third-order valence-corrected chi connectivity index (χ3v) is 4.41. The fourth-order valence-electron chi connectivity index (χ4n) is 3.14. The van der Waals surface area contributed by atoms with Gasteiger partial charge < -0.3 is 9.64 Å². The molecule has 0 bridgehead atoms. The summed E-state index contributed by atoms with van der Waals surface area (Å²) in [6.07, 6.45) is 0.862. The van der Waals surface area contributed by atoms with Crippen LogP contribution in [0.3, 0.4) is 0 Å². The van der Waals surface area contributed by atoms with Crippen LogP contribution in [0, 0.1) is 0 Å². The van der Waals surface area contributed by atoms with Crippen molar-refractivity contribution in [1.29, 1.82) is 0 Å². The Labute approximate surface area is 141 Å². The Balaban J connectivity index is 1.89. The molecule has 0 saturated carbocycles. The van der Waals surface area contributed by atoms with Crippen LogP contribution in [0.2, 0.25) is 0 Å². The van der Waals surface area contributed by atoms with Crippen LogP contribution in [0.5, 0.6) is 5.75 Å². The molecule has 0 unspecified atom stereocenters. The number of guanidine groups is 1. The van der Waals surface area contributed by atoms with Crippen molar-refractivity contribution in [2.45, 2.75) is 6.42 Å². The van der Waals surface area contributed by atoms with Gasteiger partial charge >= 0.3 is 0 Å². The van der Waals surface area contributed by atoms with Crippen molar-refractivity contribution in [1.82, 2.24) is 4.90 Å². The Morgan fingerprint density at radius 2 is 1.71 bits per heavy atom. The minimum atomic E-state index is 0.753. The molecule has 0 N–H and O–H groups in total. The number of hydrogen-bond donors (Lipinski definition) is 0. The van der Waals surface area contributed by atoms with Gasteiger partial charge in [0.2, 0.25) is 5.96 Å². The third-order valence-electron chi connectivity index (χ3n) is 4.41. The van der Waals surface area contributed by atoms with E-state index in [1.54, 1.807) is 7.11 Å². The zero-order chi connectivity index (χ0) is 16.7. The highest BCUT2D eigenvalue weighted by Gasteiger charge is 2.29. The molecular weight excluding hydrogens is 298 g/mol. The maximum Gasteiger partial charge on any atom is 0.226 e. The van der Waals surface area contributed by atoms with Gasteiger partial charge in [-0.3, -0.25) is 0 Å². The largest absolute Gasteiger partial charge is 0.497 e. The Morgan fingerprint density at radius 1 is 0.958 bits per heavy atom. The summed E-state index contributed by atoms with van der Waals surface area (Å²) in [6, 6.07) is 16.6. The quantitative estimate of drug-likeness (QED) is 0.851. The molecule has 0 radical (unpaired) electrons. The summed E-state index contributed by atoms with van der Waals surface area (Å²) in [5.74, 6) is 1.61.